The van der Waals surface area contributed by atoms with E-state index in [1.54, 1.807) is 31.3 Å². The summed E-state index contributed by atoms with van der Waals surface area (Å²) < 4.78 is 26.1. The molecule has 1 amide bonds. The van der Waals surface area contributed by atoms with Crippen molar-refractivity contribution in [1.29, 1.82) is 0 Å². The summed E-state index contributed by atoms with van der Waals surface area (Å²) in [7, 11) is 1.66. The van der Waals surface area contributed by atoms with Gasteiger partial charge in [0.1, 0.15) is 17.3 Å². The molecule has 0 fully saturated rings. The Balaban J connectivity index is 1.80. The van der Waals surface area contributed by atoms with Crippen LogP contribution in [0.5, 0.6) is 0 Å². The Morgan fingerprint density at radius 1 is 1.05 bits per heavy atom. The lowest BCUT2D eigenvalue weighted by atomic mass is 10.2. The smallest absolute Gasteiger partial charge is 0.270 e. The Kier molecular flexibility index (Phi) is 3.63. The Hall–Kier alpha value is -2.69. The molecule has 0 atom stereocenters. The number of halogens is 2. The molecule has 3 nitrogen and oxygen atoms in total. The van der Waals surface area contributed by atoms with Crippen LogP contribution in [-0.4, -0.2) is 22.8 Å². The molecule has 22 heavy (non-hydrogen) atoms. The molecule has 1 N–H and O–H groups in total. The van der Waals surface area contributed by atoms with Gasteiger partial charge in [0.15, 0.2) is 0 Å². The van der Waals surface area contributed by atoms with Gasteiger partial charge in [0.2, 0.25) is 0 Å². The molecule has 3 aromatic rings. The number of H-pyrrole nitrogens is 1. The van der Waals surface area contributed by atoms with Crippen LogP contribution in [0, 0.1) is 11.6 Å². The summed E-state index contributed by atoms with van der Waals surface area (Å²) in [5.41, 5.74) is 1.93. The molecule has 0 saturated carbocycles. The maximum absolute atomic E-state index is 13.2. The number of nitrogens with one attached hydrogen (secondary N) is 1. The molecule has 3 rings (SSSR count). The van der Waals surface area contributed by atoms with Crippen LogP contribution in [0.1, 0.15) is 16.1 Å². The topological polar surface area (TPSA) is 36.1 Å². The van der Waals surface area contributed by atoms with Crippen LogP contribution in [0.3, 0.4) is 0 Å². The third-order valence-electron chi connectivity index (χ3n) is 3.49. The average Bonchev–Trinajstić information content (AvgIpc) is 2.91. The predicted octanol–water partition coefficient (Wildman–Crippen LogP) is 3.72. The minimum absolute atomic E-state index is 0.207. The lowest BCUT2D eigenvalue weighted by molar-refractivity contribution is 0.0780. The standard InChI is InChI=1S/C17H14F2N2O/c1-21(10-11-2-4-13(18)5-3-11)17(22)16-9-12-8-14(19)6-7-15(12)20-16/h2-9,20H,10H2,1H3. The first-order valence-corrected chi connectivity index (χ1v) is 6.81. The molecule has 1 aromatic heterocycles. The van der Waals surface area contributed by atoms with Crippen molar-refractivity contribution in [2.24, 2.45) is 0 Å². The summed E-state index contributed by atoms with van der Waals surface area (Å²) in [6.07, 6.45) is 0. The van der Waals surface area contributed by atoms with Gasteiger partial charge >= 0.3 is 0 Å². The molecule has 0 unspecified atom stereocenters. The van der Waals surface area contributed by atoms with Crippen LogP contribution >= 0.6 is 0 Å². The zero-order chi connectivity index (χ0) is 15.7. The zero-order valence-corrected chi connectivity index (χ0v) is 11.9. The number of nitrogens with zero attached hydrogens (tertiary/aromatic N) is 1. The number of aromatic amines is 1. The van der Waals surface area contributed by atoms with E-state index in [1.165, 1.54) is 29.2 Å². The fraction of sp³-hybridized carbons (Fsp3) is 0.118. The van der Waals surface area contributed by atoms with E-state index >= 15 is 0 Å². The highest BCUT2D eigenvalue weighted by molar-refractivity contribution is 5.97. The molecule has 112 valence electrons. The molecule has 0 saturated heterocycles. The maximum Gasteiger partial charge on any atom is 0.270 e. The van der Waals surface area contributed by atoms with E-state index in [2.05, 4.69) is 4.98 Å². The third-order valence-corrected chi connectivity index (χ3v) is 3.49. The summed E-state index contributed by atoms with van der Waals surface area (Å²) >= 11 is 0. The van der Waals surface area contributed by atoms with Gasteiger partial charge in [-0.3, -0.25) is 4.79 Å². The second-order valence-corrected chi connectivity index (χ2v) is 5.20. The van der Waals surface area contributed by atoms with Crippen molar-refractivity contribution < 1.29 is 13.6 Å². The van der Waals surface area contributed by atoms with E-state index in [-0.39, 0.29) is 17.5 Å². The predicted molar refractivity (Wildman–Crippen MR) is 80.5 cm³/mol. The largest absolute Gasteiger partial charge is 0.351 e. The zero-order valence-electron chi connectivity index (χ0n) is 11.9. The number of fused-ring (bicyclic) bond motifs is 1. The number of hydrogen-bond donors (Lipinski definition) is 1. The summed E-state index contributed by atoms with van der Waals surface area (Å²) in [6.45, 7) is 0.364. The van der Waals surface area contributed by atoms with Crippen molar-refractivity contribution in [3.8, 4) is 0 Å². The summed E-state index contributed by atoms with van der Waals surface area (Å²) in [6, 6.07) is 11.9. The van der Waals surface area contributed by atoms with Crippen molar-refractivity contribution >= 4 is 16.8 Å². The molecule has 0 bridgehead atoms. The van der Waals surface area contributed by atoms with Gasteiger partial charge in [-0.05, 0) is 42.0 Å². The molecule has 1 heterocycles. The highest BCUT2D eigenvalue weighted by atomic mass is 19.1. The molecule has 5 heteroatoms. The van der Waals surface area contributed by atoms with Crippen LogP contribution in [0.2, 0.25) is 0 Å². The Morgan fingerprint density at radius 2 is 1.73 bits per heavy atom. The first-order valence-electron chi connectivity index (χ1n) is 6.81. The van der Waals surface area contributed by atoms with Crippen LogP contribution in [0.4, 0.5) is 8.78 Å². The van der Waals surface area contributed by atoms with Crippen molar-refractivity contribution in [3.63, 3.8) is 0 Å². The molecule has 0 spiro atoms. The number of carbonyl (C=O) groups is 1. The van der Waals surface area contributed by atoms with Gasteiger partial charge in [0.25, 0.3) is 5.91 Å². The quantitative estimate of drug-likeness (QED) is 0.786. The number of amides is 1. The van der Waals surface area contributed by atoms with Gasteiger partial charge in [-0.25, -0.2) is 8.78 Å². The monoisotopic (exact) mass is 300 g/mol. The number of aromatic nitrogens is 1. The summed E-state index contributed by atoms with van der Waals surface area (Å²) in [5, 5.41) is 0.651. The van der Waals surface area contributed by atoms with Gasteiger partial charge in [0, 0.05) is 24.5 Å². The second-order valence-electron chi connectivity index (χ2n) is 5.20. The number of benzene rings is 2. The van der Waals surface area contributed by atoms with E-state index in [0.717, 1.165) is 5.56 Å². The fourth-order valence-electron chi connectivity index (χ4n) is 2.36. The van der Waals surface area contributed by atoms with E-state index in [0.29, 0.717) is 23.1 Å². The van der Waals surface area contributed by atoms with Crippen molar-refractivity contribution in [2.75, 3.05) is 7.05 Å². The molecule has 0 aliphatic carbocycles. The number of rotatable bonds is 3. The molecule has 2 aromatic carbocycles. The third kappa shape index (κ3) is 2.83. The minimum atomic E-state index is -0.342. The van der Waals surface area contributed by atoms with Gasteiger partial charge in [-0.15, -0.1) is 0 Å². The Bertz CT molecular complexity index is 824. The molecule has 0 aliphatic rings. The van der Waals surface area contributed by atoms with Crippen LogP contribution in [-0.2, 0) is 6.54 Å². The lowest BCUT2D eigenvalue weighted by Gasteiger charge is -2.16. The lowest BCUT2D eigenvalue weighted by Crippen LogP contribution is -2.26. The number of hydrogen-bond acceptors (Lipinski definition) is 1. The first-order chi connectivity index (χ1) is 10.5. The number of carbonyl (C=O) groups excluding carboxylic acids is 1. The Labute approximate surface area is 126 Å². The van der Waals surface area contributed by atoms with Crippen LogP contribution in [0.15, 0.2) is 48.5 Å². The second kappa shape index (κ2) is 5.60. The van der Waals surface area contributed by atoms with Gasteiger partial charge < -0.3 is 9.88 Å². The highest BCUT2D eigenvalue weighted by Gasteiger charge is 2.15. The van der Waals surface area contributed by atoms with Crippen molar-refractivity contribution in [2.45, 2.75) is 6.54 Å². The van der Waals surface area contributed by atoms with Crippen molar-refractivity contribution in [3.05, 3.63) is 71.4 Å². The van der Waals surface area contributed by atoms with Gasteiger partial charge in [-0.1, -0.05) is 12.1 Å². The van der Waals surface area contributed by atoms with E-state index in [1.807, 2.05) is 0 Å². The Morgan fingerprint density at radius 3 is 2.45 bits per heavy atom. The molecule has 0 aliphatic heterocycles. The minimum Gasteiger partial charge on any atom is -0.351 e. The van der Waals surface area contributed by atoms with E-state index in [4.69, 9.17) is 0 Å². The summed E-state index contributed by atoms with van der Waals surface area (Å²) in [5.74, 6) is -0.860. The molecular weight excluding hydrogens is 286 g/mol. The molecular formula is C17H14F2N2O. The van der Waals surface area contributed by atoms with Crippen molar-refractivity contribution in [1.82, 2.24) is 9.88 Å². The van der Waals surface area contributed by atoms with Crippen LogP contribution in [0.25, 0.3) is 10.9 Å². The maximum atomic E-state index is 13.2. The molecule has 0 radical (unpaired) electrons. The van der Waals surface area contributed by atoms with Gasteiger partial charge in [0.05, 0.1) is 0 Å². The van der Waals surface area contributed by atoms with E-state index < -0.39 is 0 Å². The SMILES string of the molecule is CN(Cc1ccc(F)cc1)C(=O)c1cc2cc(F)ccc2[nH]1. The fourth-order valence-corrected chi connectivity index (χ4v) is 2.36. The normalized spacial score (nSPS) is 10.9. The first kappa shape index (κ1) is 14.3. The highest BCUT2D eigenvalue weighted by Crippen LogP contribution is 2.18. The van der Waals surface area contributed by atoms with E-state index in [9.17, 15) is 13.6 Å². The van der Waals surface area contributed by atoms with Crippen LogP contribution < -0.4 is 0 Å². The van der Waals surface area contributed by atoms with Gasteiger partial charge in [-0.2, -0.15) is 0 Å². The average molecular weight is 300 g/mol. The summed E-state index contributed by atoms with van der Waals surface area (Å²) in [4.78, 5) is 16.9.